The zero-order chi connectivity index (χ0) is 20.2. The molecule has 2 atom stereocenters. The zero-order valence-electron chi connectivity index (χ0n) is 15.7. The van der Waals surface area contributed by atoms with Gasteiger partial charge in [-0.25, -0.2) is 14.3 Å². The first kappa shape index (κ1) is 19.1. The molecule has 8 heteroatoms. The summed E-state index contributed by atoms with van der Waals surface area (Å²) in [5.74, 6) is -0.849. The van der Waals surface area contributed by atoms with Crippen LogP contribution in [0, 0.1) is 5.82 Å². The van der Waals surface area contributed by atoms with Gasteiger partial charge in [0.15, 0.2) is 0 Å². The number of carbonyl (C=O) groups excluding carboxylic acids is 1. The smallest absolute Gasteiger partial charge is 0.392 e. The monoisotopic (exact) mass is 396 g/mol. The van der Waals surface area contributed by atoms with Gasteiger partial charge in [-0.2, -0.15) is 0 Å². The maximum Gasteiger partial charge on any atom is 0.434 e. The summed E-state index contributed by atoms with van der Waals surface area (Å²) in [5, 5.41) is 9.14. The molecule has 0 spiro atoms. The first-order valence-corrected chi connectivity index (χ1v) is 9.51. The van der Waals surface area contributed by atoms with Gasteiger partial charge in [-0.3, -0.25) is 9.69 Å². The van der Waals surface area contributed by atoms with E-state index in [9.17, 15) is 14.0 Å². The van der Waals surface area contributed by atoms with Crippen molar-refractivity contribution in [3.8, 4) is 0 Å². The van der Waals surface area contributed by atoms with Crippen LogP contribution in [0.5, 0.6) is 0 Å². The van der Waals surface area contributed by atoms with E-state index in [1.54, 1.807) is 0 Å². The number of nitrogens with zero attached hydrogens (tertiary/aromatic N) is 2. The zero-order valence-corrected chi connectivity index (χ0v) is 15.7. The Morgan fingerprint density at radius 2 is 1.97 bits per heavy atom. The Morgan fingerprint density at radius 1 is 1.21 bits per heavy atom. The van der Waals surface area contributed by atoms with Crippen molar-refractivity contribution in [1.29, 1.82) is 0 Å². The average molecular weight is 396 g/mol. The number of H-pyrrole nitrogens is 1. The molecule has 29 heavy (non-hydrogen) atoms. The number of halogens is 1. The molecule has 0 unspecified atom stereocenters. The van der Waals surface area contributed by atoms with Crippen molar-refractivity contribution in [2.24, 2.45) is 0 Å². The fourth-order valence-corrected chi connectivity index (χ4v) is 3.77. The molecule has 1 aliphatic heterocycles. The molecular formula is C21H21FN4O3. The molecule has 0 bridgehead atoms. The van der Waals surface area contributed by atoms with Gasteiger partial charge in [-0.15, -0.1) is 5.10 Å². The van der Waals surface area contributed by atoms with Gasteiger partial charge in [0.2, 0.25) is 11.8 Å². The third kappa shape index (κ3) is 4.43. The van der Waals surface area contributed by atoms with Crippen molar-refractivity contribution in [2.75, 3.05) is 18.4 Å². The number of anilines is 1. The van der Waals surface area contributed by atoms with Gasteiger partial charge in [0, 0.05) is 12.2 Å². The highest BCUT2D eigenvalue weighted by Crippen LogP contribution is 2.32. The second kappa shape index (κ2) is 8.40. The van der Waals surface area contributed by atoms with E-state index in [1.807, 2.05) is 30.3 Å². The minimum Gasteiger partial charge on any atom is -0.392 e. The summed E-state index contributed by atoms with van der Waals surface area (Å²) in [6.45, 7) is 1.26. The Balaban J connectivity index is 1.59. The predicted octanol–water partition coefficient (Wildman–Crippen LogP) is 3.06. The third-order valence-electron chi connectivity index (χ3n) is 5.10. The molecule has 1 aromatic heterocycles. The standard InChI is InChI=1S/C21H21FN4O3/c22-16-8-10-17(11-9-16)23-19(27)18(14-5-2-1-3-6-14)26-12-4-7-15(13-26)20-24-25-21(28)29-20/h1-3,5-6,8-11,15,18H,4,7,12-13H2,(H,23,27)(H,25,28)/t15-,18+/m1/s1. The number of hydrogen-bond acceptors (Lipinski definition) is 5. The molecule has 4 rings (SSSR count). The van der Waals surface area contributed by atoms with E-state index in [2.05, 4.69) is 20.4 Å². The van der Waals surface area contributed by atoms with Gasteiger partial charge in [-0.1, -0.05) is 30.3 Å². The number of aromatic amines is 1. The van der Waals surface area contributed by atoms with Crippen LogP contribution in [-0.4, -0.2) is 34.1 Å². The lowest BCUT2D eigenvalue weighted by atomic mass is 9.94. The minimum absolute atomic E-state index is 0.0764. The lowest BCUT2D eigenvalue weighted by Gasteiger charge is -2.36. The predicted molar refractivity (Wildman–Crippen MR) is 105 cm³/mol. The van der Waals surface area contributed by atoms with E-state index in [-0.39, 0.29) is 17.6 Å². The largest absolute Gasteiger partial charge is 0.434 e. The van der Waals surface area contributed by atoms with E-state index in [4.69, 9.17) is 4.42 Å². The number of benzene rings is 2. The highest BCUT2D eigenvalue weighted by molar-refractivity contribution is 5.95. The van der Waals surface area contributed by atoms with Crippen molar-refractivity contribution in [1.82, 2.24) is 15.1 Å². The highest BCUT2D eigenvalue weighted by atomic mass is 19.1. The van der Waals surface area contributed by atoms with E-state index in [0.29, 0.717) is 18.1 Å². The molecule has 1 saturated heterocycles. The quantitative estimate of drug-likeness (QED) is 0.692. The molecule has 0 aliphatic carbocycles. The van der Waals surface area contributed by atoms with Gasteiger partial charge in [0.05, 0.1) is 5.92 Å². The molecule has 150 valence electrons. The van der Waals surface area contributed by atoms with E-state index in [1.165, 1.54) is 24.3 Å². The molecule has 0 radical (unpaired) electrons. The first-order valence-electron chi connectivity index (χ1n) is 9.51. The first-order chi connectivity index (χ1) is 14.1. The fraction of sp³-hybridized carbons (Fsp3) is 0.286. The Kier molecular flexibility index (Phi) is 5.53. The number of piperidine rings is 1. The van der Waals surface area contributed by atoms with Crippen LogP contribution in [0.4, 0.5) is 10.1 Å². The number of amides is 1. The summed E-state index contributed by atoms with van der Waals surface area (Å²) in [6, 6.07) is 14.7. The second-order valence-electron chi connectivity index (χ2n) is 7.09. The van der Waals surface area contributed by atoms with Crippen molar-refractivity contribution in [3.05, 3.63) is 82.4 Å². The Hall–Kier alpha value is -3.26. The van der Waals surface area contributed by atoms with E-state index in [0.717, 1.165) is 24.9 Å². The normalized spacial score (nSPS) is 18.3. The maximum atomic E-state index is 13.2. The number of rotatable bonds is 5. The van der Waals surface area contributed by atoms with Crippen LogP contribution in [0.15, 0.2) is 63.8 Å². The van der Waals surface area contributed by atoms with Gasteiger partial charge in [0.25, 0.3) is 0 Å². The topological polar surface area (TPSA) is 91.2 Å². The molecule has 2 aromatic carbocycles. The molecule has 3 aromatic rings. The average Bonchev–Trinajstić information content (AvgIpc) is 3.17. The van der Waals surface area contributed by atoms with Crippen molar-refractivity contribution in [2.45, 2.75) is 24.8 Å². The van der Waals surface area contributed by atoms with Crippen LogP contribution in [0.2, 0.25) is 0 Å². The Morgan fingerprint density at radius 3 is 2.66 bits per heavy atom. The molecule has 0 saturated carbocycles. The summed E-state index contributed by atoms with van der Waals surface area (Å²) in [7, 11) is 0. The number of hydrogen-bond donors (Lipinski definition) is 2. The number of carbonyl (C=O) groups is 1. The van der Waals surface area contributed by atoms with Crippen molar-refractivity contribution in [3.63, 3.8) is 0 Å². The molecule has 7 nitrogen and oxygen atoms in total. The molecule has 2 heterocycles. The summed E-state index contributed by atoms with van der Waals surface area (Å²) in [5.41, 5.74) is 1.39. The summed E-state index contributed by atoms with van der Waals surface area (Å²) >= 11 is 0. The number of aromatic nitrogens is 2. The Bertz CT molecular complexity index is 1020. The SMILES string of the molecule is O=C(Nc1ccc(F)cc1)[C@H](c1ccccc1)N1CCC[C@@H](c2n[nH]c(=O)o2)C1. The van der Waals surface area contributed by atoms with Gasteiger partial charge < -0.3 is 9.73 Å². The summed E-state index contributed by atoms with van der Waals surface area (Å²) < 4.78 is 18.3. The maximum absolute atomic E-state index is 13.2. The van der Waals surface area contributed by atoms with Crippen LogP contribution in [0.25, 0.3) is 0 Å². The molecular weight excluding hydrogens is 375 g/mol. The van der Waals surface area contributed by atoms with Gasteiger partial charge in [0.1, 0.15) is 11.9 Å². The van der Waals surface area contributed by atoms with Crippen LogP contribution in [-0.2, 0) is 4.79 Å². The lowest BCUT2D eigenvalue weighted by Crippen LogP contribution is -2.42. The summed E-state index contributed by atoms with van der Waals surface area (Å²) in [4.78, 5) is 26.6. The fourth-order valence-electron chi connectivity index (χ4n) is 3.77. The molecule has 1 aliphatic rings. The number of likely N-dealkylation sites (tertiary alicyclic amines) is 1. The highest BCUT2D eigenvalue weighted by Gasteiger charge is 2.34. The van der Waals surface area contributed by atoms with Crippen molar-refractivity contribution >= 4 is 11.6 Å². The van der Waals surface area contributed by atoms with Gasteiger partial charge in [-0.05, 0) is 49.2 Å². The van der Waals surface area contributed by atoms with Crippen LogP contribution in [0.3, 0.4) is 0 Å². The number of nitrogens with one attached hydrogen (secondary N) is 2. The van der Waals surface area contributed by atoms with E-state index >= 15 is 0 Å². The van der Waals surface area contributed by atoms with Crippen LogP contribution < -0.4 is 11.1 Å². The van der Waals surface area contributed by atoms with Crippen LogP contribution >= 0.6 is 0 Å². The van der Waals surface area contributed by atoms with Crippen LogP contribution in [0.1, 0.15) is 36.3 Å². The van der Waals surface area contributed by atoms with Crippen molar-refractivity contribution < 1.29 is 13.6 Å². The molecule has 1 amide bonds. The van der Waals surface area contributed by atoms with E-state index < -0.39 is 11.8 Å². The molecule has 2 N–H and O–H groups in total. The second-order valence-corrected chi connectivity index (χ2v) is 7.09. The minimum atomic E-state index is -0.578. The third-order valence-corrected chi connectivity index (χ3v) is 5.10. The molecule has 1 fully saturated rings. The Labute approximate surface area is 166 Å². The lowest BCUT2D eigenvalue weighted by molar-refractivity contribution is -0.122. The van der Waals surface area contributed by atoms with Gasteiger partial charge >= 0.3 is 5.76 Å². The summed E-state index contributed by atoms with van der Waals surface area (Å²) in [6.07, 6.45) is 1.67.